The minimum atomic E-state index is 0.0198. The molecule has 2 heterocycles. The van der Waals surface area contributed by atoms with Gasteiger partial charge in [0.2, 0.25) is 11.8 Å². The van der Waals surface area contributed by atoms with E-state index < -0.39 is 0 Å². The fourth-order valence-electron chi connectivity index (χ4n) is 3.07. The van der Waals surface area contributed by atoms with Gasteiger partial charge in [-0.1, -0.05) is 6.42 Å². The smallest absolute Gasteiger partial charge is 0.224 e. The predicted molar refractivity (Wildman–Crippen MR) is 89.1 cm³/mol. The summed E-state index contributed by atoms with van der Waals surface area (Å²) in [6.07, 6.45) is 5.10. The topological polar surface area (TPSA) is 67.2 Å². The molecule has 0 spiro atoms. The second-order valence-corrected chi connectivity index (χ2v) is 6.34. The van der Waals surface area contributed by atoms with Gasteiger partial charge in [0.25, 0.3) is 0 Å². The molecule has 0 atom stereocenters. The Morgan fingerprint density at radius 3 is 2.74 bits per heavy atom. The van der Waals surface area contributed by atoms with E-state index in [-0.39, 0.29) is 11.8 Å². The Labute approximate surface area is 138 Å². The quantitative estimate of drug-likeness (QED) is 0.808. The van der Waals surface area contributed by atoms with Crippen molar-refractivity contribution >= 4 is 11.8 Å². The number of nitrogens with one attached hydrogen (secondary N) is 1. The fourth-order valence-corrected chi connectivity index (χ4v) is 3.07. The molecule has 0 saturated carbocycles. The lowest BCUT2D eigenvalue weighted by Crippen LogP contribution is -2.34. The molecule has 1 N–H and O–H groups in total. The summed E-state index contributed by atoms with van der Waals surface area (Å²) in [6, 6.07) is 0. The first kappa shape index (κ1) is 17.5. The highest BCUT2D eigenvalue weighted by Crippen LogP contribution is 2.13. The number of rotatable bonds is 6. The molecule has 2 amide bonds. The molecule has 1 fully saturated rings. The summed E-state index contributed by atoms with van der Waals surface area (Å²) < 4.78 is 1.81. The molecule has 0 radical (unpaired) electrons. The van der Waals surface area contributed by atoms with Crippen LogP contribution in [0.15, 0.2) is 0 Å². The fraction of sp³-hybridized carbons (Fsp3) is 0.706. The van der Waals surface area contributed by atoms with E-state index in [1.807, 2.05) is 30.5 Å². The molecule has 0 aromatic carbocycles. The lowest BCUT2D eigenvalue weighted by Gasteiger charge is -2.20. The standard InChI is InChI=1S/C17H28N4O2/c1-13-15(14(2)20(3)19-13)12-16(22)18-9-7-11-21-10-6-4-5-8-17(21)23/h4-12H2,1-3H3,(H,18,22). The summed E-state index contributed by atoms with van der Waals surface area (Å²) in [6.45, 7) is 6.13. The summed E-state index contributed by atoms with van der Waals surface area (Å²) in [5, 5.41) is 7.28. The van der Waals surface area contributed by atoms with Crippen LogP contribution in [0.3, 0.4) is 0 Å². The van der Waals surface area contributed by atoms with Crippen molar-refractivity contribution < 1.29 is 9.59 Å². The Kier molecular flexibility index (Phi) is 6.19. The molecular weight excluding hydrogens is 292 g/mol. The van der Waals surface area contributed by atoms with E-state index in [1.165, 1.54) is 0 Å². The lowest BCUT2D eigenvalue weighted by molar-refractivity contribution is -0.130. The number of hydrogen-bond acceptors (Lipinski definition) is 3. The van der Waals surface area contributed by atoms with E-state index >= 15 is 0 Å². The highest BCUT2D eigenvalue weighted by molar-refractivity contribution is 5.79. The Bertz CT molecular complexity index is 565. The number of aryl methyl sites for hydroxylation is 2. The molecule has 23 heavy (non-hydrogen) atoms. The number of nitrogens with zero attached hydrogens (tertiary/aromatic N) is 3. The van der Waals surface area contributed by atoms with Gasteiger partial charge >= 0.3 is 0 Å². The monoisotopic (exact) mass is 320 g/mol. The normalized spacial score (nSPS) is 15.6. The molecule has 1 saturated heterocycles. The summed E-state index contributed by atoms with van der Waals surface area (Å²) in [4.78, 5) is 25.9. The Morgan fingerprint density at radius 2 is 2.04 bits per heavy atom. The van der Waals surface area contributed by atoms with Gasteiger partial charge in [0.05, 0.1) is 12.1 Å². The van der Waals surface area contributed by atoms with Crippen molar-refractivity contribution in [2.75, 3.05) is 19.6 Å². The van der Waals surface area contributed by atoms with Gasteiger partial charge in [-0.25, -0.2) is 0 Å². The zero-order valence-electron chi connectivity index (χ0n) is 14.5. The average Bonchev–Trinajstić information content (AvgIpc) is 2.68. The maximum atomic E-state index is 12.1. The van der Waals surface area contributed by atoms with E-state index in [0.29, 0.717) is 19.4 Å². The number of likely N-dealkylation sites (tertiary alicyclic amines) is 1. The summed E-state index contributed by atoms with van der Waals surface area (Å²) >= 11 is 0. The Balaban J connectivity index is 1.71. The zero-order chi connectivity index (χ0) is 16.8. The van der Waals surface area contributed by atoms with Crippen LogP contribution in [-0.4, -0.2) is 46.1 Å². The predicted octanol–water partition coefficient (Wildman–Crippen LogP) is 1.49. The molecule has 0 bridgehead atoms. The Morgan fingerprint density at radius 1 is 1.26 bits per heavy atom. The molecule has 1 aliphatic rings. The van der Waals surface area contributed by atoms with Crippen LogP contribution in [0.2, 0.25) is 0 Å². The second-order valence-electron chi connectivity index (χ2n) is 6.34. The molecular formula is C17H28N4O2. The van der Waals surface area contributed by atoms with Crippen LogP contribution in [0.4, 0.5) is 0 Å². The molecule has 6 nitrogen and oxygen atoms in total. The zero-order valence-corrected chi connectivity index (χ0v) is 14.5. The average molecular weight is 320 g/mol. The molecule has 0 aliphatic carbocycles. The number of carbonyl (C=O) groups excluding carboxylic acids is 2. The SMILES string of the molecule is Cc1nn(C)c(C)c1CC(=O)NCCCN1CCCCCC1=O. The van der Waals surface area contributed by atoms with Crippen molar-refractivity contribution in [1.82, 2.24) is 20.0 Å². The van der Waals surface area contributed by atoms with Gasteiger partial charge in [-0.2, -0.15) is 5.10 Å². The number of carbonyl (C=O) groups is 2. The highest BCUT2D eigenvalue weighted by Gasteiger charge is 2.16. The van der Waals surface area contributed by atoms with Crippen LogP contribution in [0.1, 0.15) is 49.1 Å². The van der Waals surface area contributed by atoms with Crippen LogP contribution in [0, 0.1) is 13.8 Å². The van der Waals surface area contributed by atoms with Crippen LogP contribution in [0.25, 0.3) is 0 Å². The number of hydrogen-bond donors (Lipinski definition) is 1. The molecule has 0 unspecified atom stereocenters. The molecule has 128 valence electrons. The lowest BCUT2D eigenvalue weighted by atomic mass is 10.1. The van der Waals surface area contributed by atoms with E-state index in [0.717, 1.165) is 55.7 Å². The van der Waals surface area contributed by atoms with Gasteiger partial charge in [0.15, 0.2) is 0 Å². The van der Waals surface area contributed by atoms with Crippen LogP contribution >= 0.6 is 0 Å². The van der Waals surface area contributed by atoms with E-state index in [4.69, 9.17) is 0 Å². The van der Waals surface area contributed by atoms with Gasteiger partial charge in [0, 0.05) is 44.4 Å². The number of amides is 2. The number of aromatic nitrogens is 2. The van der Waals surface area contributed by atoms with Crippen molar-refractivity contribution in [2.24, 2.45) is 7.05 Å². The summed E-state index contributed by atoms with van der Waals surface area (Å²) in [5.74, 6) is 0.279. The van der Waals surface area contributed by atoms with Crippen LogP contribution < -0.4 is 5.32 Å². The van der Waals surface area contributed by atoms with Crippen molar-refractivity contribution in [3.63, 3.8) is 0 Å². The third kappa shape index (κ3) is 4.81. The highest BCUT2D eigenvalue weighted by atomic mass is 16.2. The summed E-state index contributed by atoms with van der Waals surface area (Å²) in [7, 11) is 1.89. The van der Waals surface area contributed by atoms with Crippen molar-refractivity contribution in [3.05, 3.63) is 17.0 Å². The van der Waals surface area contributed by atoms with E-state index in [1.54, 1.807) is 0 Å². The summed E-state index contributed by atoms with van der Waals surface area (Å²) in [5.41, 5.74) is 2.95. The molecule has 6 heteroatoms. The van der Waals surface area contributed by atoms with Crippen LogP contribution in [0.5, 0.6) is 0 Å². The van der Waals surface area contributed by atoms with Crippen molar-refractivity contribution in [3.8, 4) is 0 Å². The third-order valence-corrected chi connectivity index (χ3v) is 4.59. The van der Waals surface area contributed by atoms with Crippen LogP contribution in [-0.2, 0) is 23.1 Å². The molecule has 1 aromatic heterocycles. The van der Waals surface area contributed by atoms with Crippen molar-refractivity contribution in [2.45, 2.75) is 52.4 Å². The maximum Gasteiger partial charge on any atom is 0.224 e. The Hall–Kier alpha value is -1.85. The first-order valence-corrected chi connectivity index (χ1v) is 8.52. The largest absolute Gasteiger partial charge is 0.356 e. The van der Waals surface area contributed by atoms with E-state index in [9.17, 15) is 9.59 Å². The molecule has 2 rings (SSSR count). The first-order chi connectivity index (χ1) is 11.0. The molecule has 1 aromatic rings. The van der Waals surface area contributed by atoms with Gasteiger partial charge < -0.3 is 10.2 Å². The van der Waals surface area contributed by atoms with Gasteiger partial charge in [-0.3, -0.25) is 14.3 Å². The first-order valence-electron chi connectivity index (χ1n) is 8.52. The van der Waals surface area contributed by atoms with Gasteiger partial charge in [0.1, 0.15) is 0 Å². The minimum Gasteiger partial charge on any atom is -0.356 e. The molecule has 1 aliphatic heterocycles. The maximum absolute atomic E-state index is 12.1. The second kappa shape index (κ2) is 8.13. The van der Waals surface area contributed by atoms with Gasteiger partial charge in [-0.15, -0.1) is 0 Å². The van der Waals surface area contributed by atoms with E-state index in [2.05, 4.69) is 10.4 Å². The third-order valence-electron chi connectivity index (χ3n) is 4.59. The minimum absolute atomic E-state index is 0.0198. The van der Waals surface area contributed by atoms with Crippen molar-refractivity contribution in [1.29, 1.82) is 0 Å². The van der Waals surface area contributed by atoms with Gasteiger partial charge in [-0.05, 0) is 33.1 Å².